The van der Waals surface area contributed by atoms with Gasteiger partial charge >= 0.3 is 6.09 Å². The molecule has 0 atom stereocenters. The smallest absolute Gasteiger partial charge is 0.413 e. The fraction of sp³-hybridized carbons (Fsp3) is 0.438. The van der Waals surface area contributed by atoms with Crippen LogP contribution in [-0.4, -0.2) is 35.0 Å². The highest BCUT2D eigenvalue weighted by molar-refractivity contribution is 7.15. The van der Waals surface area contributed by atoms with Crippen LogP contribution >= 0.6 is 11.3 Å². The van der Waals surface area contributed by atoms with Gasteiger partial charge in [-0.2, -0.15) is 0 Å². The van der Waals surface area contributed by atoms with Crippen LogP contribution in [0, 0.1) is 13.8 Å². The normalized spacial score (nSPS) is 13.5. The molecule has 2 aromatic rings. The van der Waals surface area contributed by atoms with Crippen molar-refractivity contribution in [2.24, 2.45) is 0 Å². The Morgan fingerprint density at radius 2 is 2.25 bits per heavy atom. The summed E-state index contributed by atoms with van der Waals surface area (Å²) in [4.78, 5) is 31.3. The third-order valence-corrected chi connectivity index (χ3v) is 4.77. The molecule has 0 bridgehead atoms. The van der Waals surface area contributed by atoms with Gasteiger partial charge in [-0.15, -0.1) is 0 Å². The van der Waals surface area contributed by atoms with Gasteiger partial charge in [-0.25, -0.2) is 9.78 Å². The Balaban J connectivity index is 1.72. The summed E-state index contributed by atoms with van der Waals surface area (Å²) in [7, 11) is 0. The van der Waals surface area contributed by atoms with Gasteiger partial charge in [-0.05, 0) is 26.8 Å². The van der Waals surface area contributed by atoms with Crippen LogP contribution in [0.4, 0.5) is 9.93 Å². The summed E-state index contributed by atoms with van der Waals surface area (Å²) >= 11 is 1.37. The molecule has 0 spiro atoms. The summed E-state index contributed by atoms with van der Waals surface area (Å²) in [5, 5.41) is 3.12. The first-order valence-corrected chi connectivity index (χ1v) is 8.58. The molecule has 2 aromatic heterocycles. The molecule has 128 valence electrons. The Morgan fingerprint density at radius 3 is 2.92 bits per heavy atom. The molecule has 0 saturated heterocycles. The van der Waals surface area contributed by atoms with Crippen LogP contribution in [0.15, 0.2) is 10.5 Å². The molecular weight excluding hydrogens is 330 g/mol. The maximum atomic E-state index is 12.7. The van der Waals surface area contributed by atoms with E-state index in [4.69, 9.17) is 9.15 Å². The monoisotopic (exact) mass is 349 g/mol. The number of nitrogens with one attached hydrogen (secondary N) is 1. The number of fused-ring (bicyclic) bond motifs is 1. The fourth-order valence-corrected chi connectivity index (χ4v) is 3.70. The fourth-order valence-electron chi connectivity index (χ4n) is 2.69. The van der Waals surface area contributed by atoms with Crippen molar-refractivity contribution >= 4 is 28.5 Å². The highest BCUT2D eigenvalue weighted by atomic mass is 32.1. The van der Waals surface area contributed by atoms with Crippen molar-refractivity contribution in [1.82, 2.24) is 9.88 Å². The minimum Gasteiger partial charge on any atom is -0.466 e. The molecule has 8 heteroatoms. The lowest BCUT2D eigenvalue weighted by atomic mass is 10.1. The lowest BCUT2D eigenvalue weighted by molar-refractivity contribution is 0.0734. The van der Waals surface area contributed by atoms with Crippen LogP contribution in [0.5, 0.6) is 0 Å². The van der Waals surface area contributed by atoms with E-state index in [0.29, 0.717) is 42.6 Å². The van der Waals surface area contributed by atoms with Crippen LogP contribution in [0.1, 0.15) is 39.4 Å². The Kier molecular flexibility index (Phi) is 4.57. The number of carbonyl (C=O) groups is 2. The van der Waals surface area contributed by atoms with E-state index in [-0.39, 0.29) is 5.91 Å². The Labute approximate surface area is 143 Å². The third-order valence-electron chi connectivity index (χ3n) is 3.77. The number of rotatable bonds is 3. The van der Waals surface area contributed by atoms with E-state index in [1.807, 2.05) is 6.92 Å². The molecule has 24 heavy (non-hydrogen) atoms. The number of thiazole rings is 1. The number of aromatic nitrogens is 1. The van der Waals surface area contributed by atoms with Gasteiger partial charge in [0.25, 0.3) is 5.91 Å². The Bertz CT molecular complexity index is 780. The van der Waals surface area contributed by atoms with Crippen LogP contribution < -0.4 is 5.32 Å². The van der Waals surface area contributed by atoms with Crippen LogP contribution in [0.2, 0.25) is 0 Å². The van der Waals surface area contributed by atoms with Gasteiger partial charge in [0.05, 0.1) is 24.4 Å². The third kappa shape index (κ3) is 3.28. The summed E-state index contributed by atoms with van der Waals surface area (Å²) in [6.45, 7) is 6.76. The summed E-state index contributed by atoms with van der Waals surface area (Å²) in [5.41, 5.74) is 1.53. The van der Waals surface area contributed by atoms with E-state index >= 15 is 0 Å². The lowest BCUT2D eigenvalue weighted by Crippen LogP contribution is -2.35. The van der Waals surface area contributed by atoms with Crippen molar-refractivity contribution in [3.63, 3.8) is 0 Å². The Morgan fingerprint density at radius 1 is 1.46 bits per heavy atom. The maximum absolute atomic E-state index is 12.7. The molecule has 1 N–H and O–H groups in total. The molecule has 1 aliphatic heterocycles. The molecule has 1 aliphatic rings. The highest BCUT2D eigenvalue weighted by Crippen LogP contribution is 2.29. The zero-order valence-corrected chi connectivity index (χ0v) is 14.7. The molecule has 3 heterocycles. The first-order valence-electron chi connectivity index (χ1n) is 7.76. The van der Waals surface area contributed by atoms with Gasteiger partial charge < -0.3 is 14.1 Å². The van der Waals surface area contributed by atoms with Crippen molar-refractivity contribution < 1.29 is 18.7 Å². The minimum atomic E-state index is -0.513. The number of amides is 2. The van der Waals surface area contributed by atoms with Gasteiger partial charge in [0.15, 0.2) is 5.13 Å². The van der Waals surface area contributed by atoms with Crippen molar-refractivity contribution in [3.05, 3.63) is 33.7 Å². The largest absolute Gasteiger partial charge is 0.466 e. The quantitative estimate of drug-likeness (QED) is 0.920. The SMILES string of the molecule is CCOC(=O)Nc1nc2c(s1)CN(C(=O)c1cc(C)oc1C)CC2. The molecule has 0 fully saturated rings. The highest BCUT2D eigenvalue weighted by Gasteiger charge is 2.27. The van der Waals surface area contributed by atoms with Gasteiger partial charge in [-0.3, -0.25) is 10.1 Å². The van der Waals surface area contributed by atoms with Crippen LogP contribution in [-0.2, 0) is 17.7 Å². The zero-order chi connectivity index (χ0) is 17.3. The predicted octanol–water partition coefficient (Wildman–Crippen LogP) is 3.12. The lowest BCUT2D eigenvalue weighted by Gasteiger charge is -2.25. The molecule has 0 aromatic carbocycles. The van der Waals surface area contributed by atoms with Gasteiger partial charge in [-0.1, -0.05) is 11.3 Å². The average molecular weight is 349 g/mol. The maximum Gasteiger partial charge on any atom is 0.413 e. The molecule has 0 aliphatic carbocycles. The van der Waals surface area contributed by atoms with E-state index in [0.717, 1.165) is 16.3 Å². The van der Waals surface area contributed by atoms with Crippen molar-refractivity contribution in [2.75, 3.05) is 18.5 Å². The number of carbonyl (C=O) groups excluding carboxylic acids is 2. The molecule has 7 nitrogen and oxygen atoms in total. The minimum absolute atomic E-state index is 0.0386. The van der Waals surface area contributed by atoms with Gasteiger partial charge in [0.1, 0.15) is 11.5 Å². The van der Waals surface area contributed by atoms with Gasteiger partial charge in [0, 0.05) is 17.8 Å². The second-order valence-corrected chi connectivity index (χ2v) is 6.62. The number of hydrogen-bond donors (Lipinski definition) is 1. The van der Waals surface area contributed by atoms with Crippen LogP contribution in [0.25, 0.3) is 0 Å². The van der Waals surface area contributed by atoms with Crippen LogP contribution in [0.3, 0.4) is 0 Å². The number of nitrogens with zero attached hydrogens (tertiary/aromatic N) is 2. The first-order chi connectivity index (χ1) is 11.5. The summed E-state index contributed by atoms with van der Waals surface area (Å²) in [6.07, 6.45) is 0.152. The first kappa shape index (κ1) is 16.5. The second-order valence-electron chi connectivity index (χ2n) is 5.54. The summed E-state index contributed by atoms with van der Waals surface area (Å²) in [6, 6.07) is 1.77. The van der Waals surface area contributed by atoms with E-state index in [1.165, 1.54) is 11.3 Å². The zero-order valence-electron chi connectivity index (χ0n) is 13.8. The van der Waals surface area contributed by atoms with E-state index < -0.39 is 6.09 Å². The van der Waals surface area contributed by atoms with Crippen molar-refractivity contribution in [1.29, 1.82) is 0 Å². The predicted molar refractivity (Wildman–Crippen MR) is 89.4 cm³/mol. The van der Waals surface area contributed by atoms with Gasteiger partial charge in [0.2, 0.25) is 0 Å². The summed E-state index contributed by atoms with van der Waals surface area (Å²) in [5.74, 6) is 1.33. The molecule has 0 radical (unpaired) electrons. The van der Waals surface area contributed by atoms with E-state index in [2.05, 4.69) is 10.3 Å². The number of aryl methyl sites for hydroxylation is 2. The molecule has 3 rings (SSSR count). The summed E-state index contributed by atoms with van der Waals surface area (Å²) < 4.78 is 10.3. The number of anilines is 1. The van der Waals surface area contributed by atoms with E-state index in [1.54, 1.807) is 24.8 Å². The molecule has 2 amide bonds. The molecule has 0 unspecified atom stereocenters. The number of ether oxygens (including phenoxy) is 1. The second kappa shape index (κ2) is 6.64. The Hall–Kier alpha value is -2.35. The average Bonchev–Trinajstić information content (AvgIpc) is 3.07. The standard InChI is InChI=1S/C16H19N3O4S/c1-4-22-16(21)18-15-17-12-5-6-19(8-13(12)24-15)14(20)11-7-9(2)23-10(11)3/h7H,4-6,8H2,1-3H3,(H,17,18,21). The van der Waals surface area contributed by atoms with E-state index in [9.17, 15) is 9.59 Å². The topological polar surface area (TPSA) is 84.7 Å². The number of furan rings is 1. The molecular formula is C16H19N3O4S. The molecule has 0 saturated carbocycles. The number of hydrogen-bond acceptors (Lipinski definition) is 6. The van der Waals surface area contributed by atoms with Crippen molar-refractivity contribution in [3.8, 4) is 0 Å². The van der Waals surface area contributed by atoms with Crippen molar-refractivity contribution in [2.45, 2.75) is 33.7 Å².